The van der Waals surface area contributed by atoms with Crippen molar-refractivity contribution in [1.29, 1.82) is 0 Å². The first-order chi connectivity index (χ1) is 17.9. The van der Waals surface area contributed by atoms with Crippen LogP contribution in [0.2, 0.25) is 10.0 Å². The number of para-hydroxylation sites is 1. The number of rotatable bonds is 9. The average molecular weight is 558 g/mol. The number of likely N-dealkylation sites (N-methyl/N-ethyl adjacent to an activating group) is 1. The molecule has 4 rings (SSSR count). The summed E-state index contributed by atoms with van der Waals surface area (Å²) in [7, 11) is 3.22. The lowest BCUT2D eigenvalue weighted by Crippen LogP contribution is -2.50. The minimum Gasteiger partial charge on any atom is -0.497 e. The second-order valence-corrected chi connectivity index (χ2v) is 9.89. The molecule has 37 heavy (non-hydrogen) atoms. The monoisotopic (exact) mass is 557 g/mol. The number of carbonyl (C=O) groups excluding carboxylic acids is 2. The first-order valence-corrected chi connectivity index (χ1v) is 13.0. The number of hydrogen-bond donors (Lipinski definition) is 1. The fourth-order valence-corrected chi connectivity index (χ4v) is 5.28. The second-order valence-electron chi connectivity index (χ2n) is 7.99. The molecule has 1 unspecified atom stereocenters. The van der Waals surface area contributed by atoms with Crippen molar-refractivity contribution >= 4 is 58.5 Å². The molecule has 1 aliphatic heterocycles. The molecule has 192 valence electrons. The number of amides is 2. The predicted molar refractivity (Wildman–Crippen MR) is 148 cm³/mol. The zero-order chi connectivity index (χ0) is 26.4. The molecule has 3 aromatic carbocycles. The molecule has 0 aliphatic carbocycles. The summed E-state index contributed by atoms with van der Waals surface area (Å²) in [5.74, 6) is -0.0107. The van der Waals surface area contributed by atoms with Crippen LogP contribution in [0.15, 0.2) is 77.7 Å². The topological polar surface area (TPSA) is 71.1 Å². The van der Waals surface area contributed by atoms with Crippen LogP contribution in [-0.4, -0.2) is 43.1 Å². The number of nitrogens with zero attached hydrogens (tertiary/aromatic N) is 2. The van der Waals surface area contributed by atoms with E-state index in [0.29, 0.717) is 21.4 Å². The lowest BCUT2D eigenvalue weighted by molar-refractivity contribution is -0.132. The molecule has 0 radical (unpaired) electrons. The number of fused-ring (bicyclic) bond motifs is 1. The minimum absolute atomic E-state index is 0.161. The first-order valence-electron chi connectivity index (χ1n) is 11.3. The molecule has 0 spiro atoms. The van der Waals surface area contributed by atoms with Gasteiger partial charge in [-0.2, -0.15) is 0 Å². The van der Waals surface area contributed by atoms with E-state index in [-0.39, 0.29) is 25.0 Å². The molecule has 0 fully saturated rings. The van der Waals surface area contributed by atoms with E-state index in [1.165, 1.54) is 22.8 Å². The fourth-order valence-electron chi connectivity index (χ4n) is 3.62. The molecule has 0 aromatic heterocycles. The van der Waals surface area contributed by atoms with Crippen molar-refractivity contribution in [3.8, 4) is 5.75 Å². The van der Waals surface area contributed by atoms with Crippen LogP contribution in [-0.2, 0) is 20.9 Å². The molecule has 1 N–H and O–H groups in total. The summed E-state index contributed by atoms with van der Waals surface area (Å²) in [6, 6.07) is 20.3. The molecular weight excluding hydrogens is 533 g/mol. The number of nitrogens with one attached hydrogen (secondary N) is 1. The molecule has 3 aromatic rings. The summed E-state index contributed by atoms with van der Waals surface area (Å²) < 4.78 is 11.4. The van der Waals surface area contributed by atoms with Crippen molar-refractivity contribution in [1.82, 2.24) is 10.3 Å². The Morgan fingerprint density at radius 1 is 1.08 bits per heavy atom. The number of carbonyl (C=O) groups is 2. The number of benzene rings is 3. The number of thioether (sulfide) groups is 1. The van der Waals surface area contributed by atoms with E-state index in [4.69, 9.17) is 32.7 Å². The largest absolute Gasteiger partial charge is 0.497 e. The van der Waals surface area contributed by atoms with Crippen molar-refractivity contribution < 1.29 is 19.1 Å². The Bertz CT molecular complexity index is 1300. The standard InChI is InChI=1S/C27H25Cl2N3O4S/c1-31(26(34)16-30-25(33)14-13-18-7-5-8-19(15-18)35-2)32-23-11-3-4-12-24(23)37-27(32)36-17-20-21(28)9-6-10-22(20)29/h3-15,27H,16-17H2,1-2H3,(H,30,33). The third-order valence-corrected chi connectivity index (χ3v) is 7.44. The van der Waals surface area contributed by atoms with E-state index >= 15 is 0 Å². The first kappa shape index (κ1) is 26.9. The zero-order valence-electron chi connectivity index (χ0n) is 20.2. The van der Waals surface area contributed by atoms with Gasteiger partial charge in [-0.25, -0.2) is 5.01 Å². The summed E-state index contributed by atoms with van der Waals surface area (Å²) in [6.07, 6.45) is 3.03. The van der Waals surface area contributed by atoms with Gasteiger partial charge in [0, 0.05) is 33.6 Å². The summed E-state index contributed by atoms with van der Waals surface area (Å²) in [5, 5.41) is 6.86. The average Bonchev–Trinajstić information content (AvgIpc) is 3.28. The third kappa shape index (κ3) is 6.59. The van der Waals surface area contributed by atoms with Crippen LogP contribution >= 0.6 is 35.0 Å². The Hall–Kier alpha value is -3.17. The van der Waals surface area contributed by atoms with Gasteiger partial charge in [-0.15, -0.1) is 0 Å². The van der Waals surface area contributed by atoms with Gasteiger partial charge in [-0.3, -0.25) is 14.6 Å². The van der Waals surface area contributed by atoms with Crippen molar-refractivity contribution in [3.05, 3.63) is 94.0 Å². The number of hydrazine groups is 1. The summed E-state index contributed by atoms with van der Waals surface area (Å²) in [5.41, 5.74) is 1.76. The van der Waals surface area contributed by atoms with Crippen molar-refractivity contribution in [2.75, 3.05) is 25.7 Å². The lowest BCUT2D eigenvalue weighted by Gasteiger charge is -2.34. The maximum atomic E-state index is 13.1. The second kappa shape index (κ2) is 12.4. The molecule has 1 atom stereocenters. The number of methoxy groups -OCH3 is 1. The Morgan fingerprint density at radius 2 is 1.81 bits per heavy atom. The maximum absolute atomic E-state index is 13.1. The van der Waals surface area contributed by atoms with Crippen LogP contribution in [0.4, 0.5) is 5.69 Å². The van der Waals surface area contributed by atoms with E-state index in [2.05, 4.69) is 5.32 Å². The van der Waals surface area contributed by atoms with Crippen LogP contribution in [0.3, 0.4) is 0 Å². The Morgan fingerprint density at radius 3 is 2.57 bits per heavy atom. The van der Waals surface area contributed by atoms with Gasteiger partial charge in [0.2, 0.25) is 11.5 Å². The van der Waals surface area contributed by atoms with Gasteiger partial charge in [0.25, 0.3) is 5.91 Å². The number of ether oxygens (including phenoxy) is 2. The van der Waals surface area contributed by atoms with Crippen molar-refractivity contribution in [2.45, 2.75) is 17.1 Å². The molecule has 7 nitrogen and oxygen atoms in total. The molecule has 2 amide bonds. The van der Waals surface area contributed by atoms with Crippen LogP contribution in [0.1, 0.15) is 11.1 Å². The molecule has 1 aliphatic rings. The lowest BCUT2D eigenvalue weighted by atomic mass is 10.2. The minimum atomic E-state index is -0.539. The molecule has 0 saturated heterocycles. The molecule has 10 heteroatoms. The smallest absolute Gasteiger partial charge is 0.260 e. The van der Waals surface area contributed by atoms with Crippen LogP contribution < -0.4 is 15.1 Å². The SMILES string of the molecule is COc1cccc(C=CC(=O)NCC(=O)N(C)N2c3ccccc3SC2OCc2c(Cl)cccc2Cl)c1. The molecular formula is C27H25Cl2N3O4S. The van der Waals surface area contributed by atoms with Gasteiger partial charge in [-0.1, -0.05) is 65.3 Å². The van der Waals surface area contributed by atoms with Gasteiger partial charge in [-0.05, 0) is 48.0 Å². The predicted octanol–water partition coefficient (Wildman–Crippen LogP) is 5.62. The summed E-state index contributed by atoms with van der Waals surface area (Å²) in [4.78, 5) is 26.4. The summed E-state index contributed by atoms with van der Waals surface area (Å²) in [6.45, 7) is -0.0291. The molecule has 0 saturated carbocycles. The Balaban J connectivity index is 1.40. The highest BCUT2D eigenvalue weighted by Gasteiger charge is 2.35. The quantitative estimate of drug-likeness (QED) is 0.344. The highest BCUT2D eigenvalue weighted by Crippen LogP contribution is 2.44. The molecule has 0 bridgehead atoms. The van der Waals surface area contributed by atoms with Gasteiger partial charge < -0.3 is 14.8 Å². The van der Waals surface area contributed by atoms with Crippen molar-refractivity contribution in [3.63, 3.8) is 0 Å². The number of halogens is 2. The van der Waals surface area contributed by atoms with Crippen LogP contribution in [0, 0.1) is 0 Å². The van der Waals surface area contributed by atoms with Gasteiger partial charge in [0.05, 0.1) is 25.9 Å². The normalized spacial score (nSPS) is 14.5. The number of anilines is 1. The third-order valence-electron chi connectivity index (χ3n) is 5.59. The number of hydrogen-bond acceptors (Lipinski definition) is 6. The van der Waals surface area contributed by atoms with E-state index < -0.39 is 5.56 Å². The summed E-state index contributed by atoms with van der Waals surface area (Å²) >= 11 is 14.1. The molecule has 1 heterocycles. The van der Waals surface area contributed by atoms with E-state index in [0.717, 1.165) is 16.1 Å². The highest BCUT2D eigenvalue weighted by atomic mass is 35.5. The maximum Gasteiger partial charge on any atom is 0.260 e. The van der Waals surface area contributed by atoms with Gasteiger partial charge >= 0.3 is 0 Å². The van der Waals surface area contributed by atoms with Crippen molar-refractivity contribution in [2.24, 2.45) is 0 Å². The highest BCUT2D eigenvalue weighted by molar-refractivity contribution is 8.00. The van der Waals surface area contributed by atoms with Crippen LogP contribution in [0.5, 0.6) is 5.75 Å². The van der Waals surface area contributed by atoms with E-state index in [1.54, 1.807) is 49.5 Å². The fraction of sp³-hybridized carbons (Fsp3) is 0.185. The van der Waals surface area contributed by atoms with E-state index in [1.807, 2.05) is 42.5 Å². The van der Waals surface area contributed by atoms with E-state index in [9.17, 15) is 9.59 Å². The Labute approximate surface area is 229 Å². The van der Waals surface area contributed by atoms with Crippen LogP contribution in [0.25, 0.3) is 6.08 Å². The van der Waals surface area contributed by atoms with Gasteiger partial charge in [0.15, 0.2) is 0 Å². The Kier molecular flexibility index (Phi) is 9.00. The zero-order valence-corrected chi connectivity index (χ0v) is 22.5. The van der Waals surface area contributed by atoms with Gasteiger partial charge in [0.1, 0.15) is 5.75 Å².